The van der Waals surface area contributed by atoms with E-state index in [-0.39, 0.29) is 0 Å². The van der Waals surface area contributed by atoms with Crippen LogP contribution in [0.4, 0.5) is 4.39 Å². The van der Waals surface area contributed by atoms with E-state index >= 15 is 0 Å². The lowest BCUT2D eigenvalue weighted by Gasteiger charge is -2.13. The Morgan fingerprint density at radius 2 is 1.57 bits per heavy atom. The lowest BCUT2D eigenvalue weighted by Crippen LogP contribution is -2.13. The molecule has 0 aromatic rings. The fourth-order valence-electron chi connectivity index (χ4n) is 0.250. The van der Waals surface area contributed by atoms with Gasteiger partial charge in [0.1, 0.15) is 5.67 Å². The lowest BCUT2D eigenvalue weighted by molar-refractivity contribution is 0.177. The molecule has 7 heavy (non-hydrogen) atoms. The van der Waals surface area contributed by atoms with Crippen LogP contribution >= 0.6 is 0 Å². The van der Waals surface area contributed by atoms with Crippen LogP contribution < -0.4 is 0 Å². The van der Waals surface area contributed by atoms with Crippen LogP contribution in [0.2, 0.25) is 0 Å². The molecular formula is C6H13F. The Balaban J connectivity index is 3.36. The zero-order chi connectivity index (χ0) is 5.91. The smallest absolute Gasteiger partial charge is 0.107 e. The topological polar surface area (TPSA) is 0 Å². The zero-order valence-electron chi connectivity index (χ0n) is 5.29. The van der Waals surface area contributed by atoms with Gasteiger partial charge in [0.25, 0.3) is 0 Å². The molecule has 44 valence electrons. The van der Waals surface area contributed by atoms with Gasteiger partial charge in [-0.15, -0.1) is 0 Å². The number of rotatable bonds is 2. The summed E-state index contributed by atoms with van der Waals surface area (Å²) < 4.78 is 12.5. The average molecular weight is 104 g/mol. The molecule has 0 aromatic carbocycles. The summed E-state index contributed by atoms with van der Waals surface area (Å²) in [6.45, 7) is 5.36. The lowest BCUT2D eigenvalue weighted by atomic mass is 10.0. The Morgan fingerprint density at radius 1 is 1.29 bits per heavy atom. The van der Waals surface area contributed by atoms with Gasteiger partial charge >= 0.3 is 0 Å². The fourth-order valence-corrected chi connectivity index (χ4v) is 0.250. The predicted molar refractivity (Wildman–Crippen MR) is 30.1 cm³/mol. The minimum atomic E-state index is -0.917. The summed E-state index contributed by atoms with van der Waals surface area (Å²) in [6, 6.07) is 0. The van der Waals surface area contributed by atoms with E-state index in [2.05, 4.69) is 0 Å². The molecule has 0 aliphatic carbocycles. The first-order valence-electron chi connectivity index (χ1n) is 2.81. The Kier molecular flexibility index (Phi) is 2.27. The maximum absolute atomic E-state index is 12.5. The molecule has 0 aromatic heterocycles. The molecule has 0 atom stereocenters. The zero-order valence-corrected chi connectivity index (χ0v) is 5.29. The van der Waals surface area contributed by atoms with Crippen molar-refractivity contribution in [2.45, 2.75) is 39.3 Å². The molecule has 1 heteroatoms. The number of alkyl halides is 1. The minimum Gasteiger partial charge on any atom is -0.244 e. The Hall–Kier alpha value is -0.0700. The second-order valence-corrected chi connectivity index (χ2v) is 2.12. The molecule has 0 unspecified atom stereocenters. The van der Waals surface area contributed by atoms with Crippen molar-refractivity contribution < 1.29 is 4.39 Å². The summed E-state index contributed by atoms with van der Waals surface area (Å²) >= 11 is 0. The first-order valence-corrected chi connectivity index (χ1v) is 2.81. The van der Waals surface area contributed by atoms with Crippen molar-refractivity contribution >= 4 is 0 Å². The molecule has 0 saturated heterocycles. The van der Waals surface area contributed by atoms with Crippen LogP contribution in [0.1, 0.15) is 33.6 Å². The van der Waals surface area contributed by atoms with Gasteiger partial charge in [-0.1, -0.05) is 13.8 Å². The van der Waals surface area contributed by atoms with E-state index in [1.165, 1.54) is 0 Å². The first kappa shape index (κ1) is 6.93. The largest absolute Gasteiger partial charge is 0.244 e. The fraction of sp³-hybridized carbons (Fsp3) is 1.00. The highest BCUT2D eigenvalue weighted by Crippen LogP contribution is 2.17. The Morgan fingerprint density at radius 3 is 1.57 bits per heavy atom. The van der Waals surface area contributed by atoms with Gasteiger partial charge in [0.05, 0.1) is 0 Å². The van der Waals surface area contributed by atoms with Gasteiger partial charge in [-0.05, 0) is 19.8 Å². The summed E-state index contributed by atoms with van der Waals surface area (Å²) in [6.07, 6.45) is 1.26. The van der Waals surface area contributed by atoms with E-state index in [1.807, 2.05) is 13.8 Å². The summed E-state index contributed by atoms with van der Waals surface area (Å²) in [5.74, 6) is 0. The van der Waals surface area contributed by atoms with Crippen molar-refractivity contribution in [3.05, 3.63) is 0 Å². The summed E-state index contributed by atoms with van der Waals surface area (Å²) in [5.41, 5.74) is -0.917. The molecule has 0 nitrogen and oxygen atoms in total. The van der Waals surface area contributed by atoms with E-state index < -0.39 is 5.67 Å². The van der Waals surface area contributed by atoms with Gasteiger partial charge in [0, 0.05) is 0 Å². The van der Waals surface area contributed by atoms with Crippen LogP contribution in [-0.2, 0) is 0 Å². The molecule has 0 amide bonds. The average Bonchev–Trinajstić information content (AvgIpc) is 1.68. The van der Waals surface area contributed by atoms with Crippen LogP contribution in [0.15, 0.2) is 0 Å². The molecule has 0 heterocycles. The molecular weight excluding hydrogens is 91.1 g/mol. The highest BCUT2D eigenvalue weighted by atomic mass is 19.1. The van der Waals surface area contributed by atoms with Crippen molar-refractivity contribution in [2.24, 2.45) is 0 Å². The first-order chi connectivity index (χ1) is 3.12. The van der Waals surface area contributed by atoms with Gasteiger partial charge < -0.3 is 0 Å². The molecule has 0 bridgehead atoms. The third kappa shape index (κ3) is 2.60. The molecule has 0 aliphatic rings. The van der Waals surface area contributed by atoms with Crippen LogP contribution in [0, 0.1) is 0 Å². The van der Waals surface area contributed by atoms with Crippen molar-refractivity contribution in [1.29, 1.82) is 0 Å². The van der Waals surface area contributed by atoms with Crippen molar-refractivity contribution in [3.8, 4) is 0 Å². The van der Waals surface area contributed by atoms with E-state index in [0.29, 0.717) is 12.8 Å². The van der Waals surface area contributed by atoms with E-state index in [4.69, 9.17) is 0 Å². The van der Waals surface area contributed by atoms with Gasteiger partial charge in [0.2, 0.25) is 0 Å². The molecule has 0 rings (SSSR count). The molecule has 0 fully saturated rings. The summed E-state index contributed by atoms with van der Waals surface area (Å²) in [7, 11) is 0. The van der Waals surface area contributed by atoms with Crippen molar-refractivity contribution in [1.82, 2.24) is 0 Å². The molecule has 0 N–H and O–H groups in total. The second kappa shape index (κ2) is 2.29. The van der Waals surface area contributed by atoms with Gasteiger partial charge in [-0.3, -0.25) is 0 Å². The van der Waals surface area contributed by atoms with E-state index in [9.17, 15) is 4.39 Å². The number of halogens is 1. The Bertz CT molecular complexity index is 42.1. The standard InChI is InChI=1S/C6H13F/c1-4-6(3,7)5-2/h4-5H2,1-3H3. The SMILES string of the molecule is CCC(C)(F)CC. The summed E-state index contributed by atoms with van der Waals surface area (Å²) in [4.78, 5) is 0. The highest BCUT2D eigenvalue weighted by molar-refractivity contribution is 4.66. The number of hydrogen-bond acceptors (Lipinski definition) is 0. The molecule has 0 aliphatic heterocycles. The van der Waals surface area contributed by atoms with Gasteiger partial charge in [-0.25, -0.2) is 4.39 Å². The van der Waals surface area contributed by atoms with Crippen molar-refractivity contribution in [2.75, 3.05) is 0 Å². The molecule has 0 saturated carbocycles. The third-order valence-electron chi connectivity index (χ3n) is 1.47. The Labute approximate surface area is 44.7 Å². The van der Waals surface area contributed by atoms with Crippen LogP contribution in [0.5, 0.6) is 0 Å². The van der Waals surface area contributed by atoms with Gasteiger partial charge in [-0.2, -0.15) is 0 Å². The maximum atomic E-state index is 12.5. The molecule has 0 spiro atoms. The van der Waals surface area contributed by atoms with E-state index in [1.54, 1.807) is 6.92 Å². The van der Waals surface area contributed by atoms with Crippen molar-refractivity contribution in [3.63, 3.8) is 0 Å². The van der Waals surface area contributed by atoms with E-state index in [0.717, 1.165) is 0 Å². The molecule has 0 radical (unpaired) electrons. The third-order valence-corrected chi connectivity index (χ3v) is 1.47. The second-order valence-electron chi connectivity index (χ2n) is 2.12. The normalized spacial score (nSPS) is 12.0. The number of hydrogen-bond donors (Lipinski definition) is 0. The highest BCUT2D eigenvalue weighted by Gasteiger charge is 2.15. The maximum Gasteiger partial charge on any atom is 0.107 e. The van der Waals surface area contributed by atoms with Crippen LogP contribution in [0.25, 0.3) is 0 Å². The van der Waals surface area contributed by atoms with Crippen LogP contribution in [-0.4, -0.2) is 5.67 Å². The minimum absolute atomic E-state index is 0.628. The summed E-state index contributed by atoms with van der Waals surface area (Å²) in [5, 5.41) is 0. The van der Waals surface area contributed by atoms with Gasteiger partial charge in [0.15, 0.2) is 0 Å². The monoisotopic (exact) mass is 104 g/mol. The van der Waals surface area contributed by atoms with Crippen LogP contribution in [0.3, 0.4) is 0 Å². The quantitative estimate of drug-likeness (QED) is 0.505. The predicted octanol–water partition coefficient (Wildman–Crippen LogP) is 2.53.